The second-order valence-electron chi connectivity index (χ2n) is 4.37. The highest BCUT2D eigenvalue weighted by molar-refractivity contribution is 6.18. The van der Waals surface area contributed by atoms with Gasteiger partial charge in [-0.15, -0.1) is 11.6 Å². The zero-order valence-corrected chi connectivity index (χ0v) is 11.9. The van der Waals surface area contributed by atoms with Crippen molar-refractivity contribution in [1.82, 2.24) is 4.90 Å². The smallest absolute Gasteiger partial charge is 0.0406 e. The molecule has 0 aromatic heterocycles. The van der Waals surface area contributed by atoms with Crippen LogP contribution in [0.25, 0.3) is 0 Å². The Kier molecular flexibility index (Phi) is 13.5. The van der Waals surface area contributed by atoms with Crippen molar-refractivity contribution in [1.29, 1.82) is 0 Å². The van der Waals surface area contributed by atoms with Gasteiger partial charge in [-0.05, 0) is 54.8 Å². The summed E-state index contributed by atoms with van der Waals surface area (Å²) in [5, 5.41) is 0. The molecule has 0 unspecified atom stereocenters. The molecule has 0 fully saturated rings. The van der Waals surface area contributed by atoms with Gasteiger partial charge in [0.25, 0.3) is 0 Å². The normalized spacial score (nSPS) is 10.8. The number of nitrogens with zero attached hydrogens (tertiary/aromatic N) is 1. The average molecular weight is 232 g/mol. The van der Waals surface area contributed by atoms with Gasteiger partial charge in [0.15, 0.2) is 0 Å². The number of alkyl halides is 1. The average Bonchev–Trinajstić information content (AvgIpc) is 2.02. The lowest BCUT2D eigenvalue weighted by molar-refractivity contribution is 0.505. The van der Waals surface area contributed by atoms with E-state index in [9.17, 15) is 0 Å². The lowest BCUT2D eigenvalue weighted by atomic mass is 10.1. The fourth-order valence-electron chi connectivity index (χ4n) is 0.822. The molecule has 0 radical (unpaired) electrons. The molecule has 0 aliphatic carbocycles. The molecule has 0 saturated carbocycles. The molecule has 0 aromatic rings. The fourth-order valence-corrected chi connectivity index (χ4v) is 1.09. The quantitative estimate of drug-likeness (QED) is 0.520. The molecule has 0 spiro atoms. The van der Waals surface area contributed by atoms with E-state index < -0.39 is 0 Å². The van der Waals surface area contributed by atoms with Gasteiger partial charge in [-0.25, -0.2) is 0 Å². The zero-order valence-electron chi connectivity index (χ0n) is 11.1. The first-order valence-corrected chi connectivity index (χ1v) is 5.89. The highest BCUT2D eigenvalue weighted by Crippen LogP contribution is 2.06. The molecular weight excluding hydrogens is 206 g/mol. The largest absolute Gasteiger partial charge is 0.312 e. The lowest BCUT2D eigenvalue weighted by Gasteiger charge is -1.96. The van der Waals surface area contributed by atoms with Gasteiger partial charge >= 0.3 is 0 Å². The summed E-state index contributed by atoms with van der Waals surface area (Å²) < 4.78 is 0. The number of hydrogen-bond donors (Lipinski definition) is 0. The van der Waals surface area contributed by atoms with E-state index in [4.69, 9.17) is 11.6 Å². The van der Waals surface area contributed by atoms with E-state index in [-0.39, 0.29) is 0 Å². The van der Waals surface area contributed by atoms with Gasteiger partial charge in [0, 0.05) is 5.88 Å². The minimum atomic E-state index is 0.640. The van der Waals surface area contributed by atoms with Crippen molar-refractivity contribution in [2.75, 3.05) is 27.0 Å². The summed E-state index contributed by atoms with van der Waals surface area (Å²) >= 11 is 5.55. The standard InChI is InChI=1S/C10H17Cl.C3H9N/c1-9(2)5-4-6-10(3)7-8-11;1-4(2)3/h5,7H,4,6,8H2,1-3H3;1-3H3/b10-7+;. The Morgan fingerprint density at radius 2 is 1.53 bits per heavy atom. The van der Waals surface area contributed by atoms with E-state index in [1.54, 1.807) is 0 Å². The van der Waals surface area contributed by atoms with E-state index in [2.05, 4.69) is 32.9 Å². The Morgan fingerprint density at radius 1 is 1.07 bits per heavy atom. The number of halogens is 1. The van der Waals surface area contributed by atoms with Crippen LogP contribution in [-0.4, -0.2) is 31.9 Å². The predicted octanol–water partition coefficient (Wildman–Crippen LogP) is 4.10. The third-order valence-electron chi connectivity index (χ3n) is 1.52. The monoisotopic (exact) mass is 231 g/mol. The second kappa shape index (κ2) is 11.8. The molecule has 0 amide bonds. The van der Waals surface area contributed by atoms with Gasteiger partial charge in [-0.3, -0.25) is 0 Å². The highest BCUT2D eigenvalue weighted by atomic mass is 35.5. The fraction of sp³-hybridized carbons (Fsp3) is 0.692. The van der Waals surface area contributed by atoms with Crippen molar-refractivity contribution in [3.8, 4) is 0 Å². The summed E-state index contributed by atoms with van der Waals surface area (Å²) in [7, 11) is 6.00. The summed E-state index contributed by atoms with van der Waals surface area (Å²) in [4.78, 5) is 2.00. The van der Waals surface area contributed by atoms with Gasteiger partial charge in [-0.1, -0.05) is 23.3 Å². The SMILES string of the molecule is CC(C)=CCC/C(C)=C/CCl.CN(C)C. The van der Waals surface area contributed by atoms with Gasteiger partial charge in [0.1, 0.15) is 0 Å². The number of allylic oxidation sites excluding steroid dienone is 4. The van der Waals surface area contributed by atoms with Gasteiger partial charge in [0.2, 0.25) is 0 Å². The van der Waals surface area contributed by atoms with Crippen LogP contribution in [0.1, 0.15) is 33.6 Å². The van der Waals surface area contributed by atoms with Crippen LogP contribution in [0.3, 0.4) is 0 Å². The molecule has 0 rings (SSSR count). The van der Waals surface area contributed by atoms with Crippen molar-refractivity contribution in [3.05, 3.63) is 23.3 Å². The third kappa shape index (κ3) is 24.8. The van der Waals surface area contributed by atoms with Gasteiger partial charge < -0.3 is 4.90 Å². The molecule has 0 aromatic carbocycles. The molecule has 0 bridgehead atoms. The summed E-state index contributed by atoms with van der Waals surface area (Å²) in [6.45, 7) is 6.38. The van der Waals surface area contributed by atoms with Crippen molar-refractivity contribution in [2.24, 2.45) is 0 Å². The van der Waals surface area contributed by atoms with Crippen LogP contribution in [-0.2, 0) is 0 Å². The maximum Gasteiger partial charge on any atom is 0.0406 e. The Morgan fingerprint density at radius 3 is 1.87 bits per heavy atom. The Labute approximate surface area is 101 Å². The molecule has 0 saturated heterocycles. The first kappa shape index (κ1) is 17.1. The van der Waals surface area contributed by atoms with E-state index in [1.165, 1.54) is 11.1 Å². The molecule has 0 aliphatic rings. The third-order valence-corrected chi connectivity index (χ3v) is 1.67. The second-order valence-corrected chi connectivity index (χ2v) is 4.68. The maximum atomic E-state index is 5.55. The molecule has 90 valence electrons. The summed E-state index contributed by atoms with van der Waals surface area (Å²) in [6.07, 6.45) is 6.60. The molecule has 0 atom stereocenters. The van der Waals surface area contributed by atoms with Crippen LogP contribution in [0, 0.1) is 0 Å². The highest BCUT2D eigenvalue weighted by Gasteiger charge is 1.86. The summed E-state index contributed by atoms with van der Waals surface area (Å²) in [6, 6.07) is 0. The Bertz CT molecular complexity index is 186. The van der Waals surface area contributed by atoms with Crippen LogP contribution in [0.15, 0.2) is 23.3 Å². The minimum Gasteiger partial charge on any atom is -0.312 e. The molecule has 15 heavy (non-hydrogen) atoms. The topological polar surface area (TPSA) is 3.24 Å². The van der Waals surface area contributed by atoms with E-state index in [1.807, 2.05) is 26.0 Å². The van der Waals surface area contributed by atoms with E-state index in [0.29, 0.717) is 5.88 Å². The van der Waals surface area contributed by atoms with Crippen LogP contribution in [0.2, 0.25) is 0 Å². The van der Waals surface area contributed by atoms with Crippen molar-refractivity contribution in [2.45, 2.75) is 33.6 Å². The molecule has 2 heteroatoms. The Balaban J connectivity index is 0. The first-order valence-electron chi connectivity index (χ1n) is 5.36. The predicted molar refractivity (Wildman–Crippen MR) is 72.8 cm³/mol. The molecule has 0 N–H and O–H groups in total. The minimum absolute atomic E-state index is 0.640. The summed E-state index contributed by atoms with van der Waals surface area (Å²) in [5.41, 5.74) is 2.78. The lowest BCUT2D eigenvalue weighted by Crippen LogP contribution is -1.99. The van der Waals surface area contributed by atoms with Crippen molar-refractivity contribution < 1.29 is 0 Å². The van der Waals surface area contributed by atoms with E-state index >= 15 is 0 Å². The van der Waals surface area contributed by atoms with Crippen LogP contribution in [0.5, 0.6) is 0 Å². The van der Waals surface area contributed by atoms with Gasteiger partial charge in [-0.2, -0.15) is 0 Å². The number of hydrogen-bond acceptors (Lipinski definition) is 1. The Hall–Kier alpha value is -0.270. The number of rotatable bonds is 4. The van der Waals surface area contributed by atoms with Crippen molar-refractivity contribution >= 4 is 11.6 Å². The van der Waals surface area contributed by atoms with Crippen molar-refractivity contribution in [3.63, 3.8) is 0 Å². The molecule has 0 heterocycles. The zero-order chi connectivity index (χ0) is 12.3. The first-order chi connectivity index (χ1) is 6.90. The maximum absolute atomic E-state index is 5.55. The molecular formula is C13H26ClN. The molecule has 0 aliphatic heterocycles. The van der Waals surface area contributed by atoms with Gasteiger partial charge in [0.05, 0.1) is 0 Å². The van der Waals surface area contributed by atoms with E-state index in [0.717, 1.165) is 12.8 Å². The van der Waals surface area contributed by atoms with Crippen LogP contribution >= 0.6 is 11.6 Å². The van der Waals surface area contributed by atoms with Crippen LogP contribution < -0.4 is 0 Å². The van der Waals surface area contributed by atoms with Crippen LogP contribution in [0.4, 0.5) is 0 Å². The summed E-state index contributed by atoms with van der Waals surface area (Å²) in [5.74, 6) is 0.640. The molecule has 1 nitrogen and oxygen atoms in total.